The van der Waals surface area contributed by atoms with Crippen molar-refractivity contribution in [2.75, 3.05) is 18.1 Å². The van der Waals surface area contributed by atoms with Gasteiger partial charge in [-0.2, -0.15) is 16.7 Å². The second-order valence-corrected chi connectivity index (χ2v) is 7.41. The zero-order valence-corrected chi connectivity index (χ0v) is 12.0. The Labute approximate surface area is 118 Å². The molecule has 3 aliphatic rings. The molecule has 1 aromatic heterocycles. The second-order valence-electron chi connectivity index (χ2n) is 6.26. The zero-order valence-electron chi connectivity index (χ0n) is 11.2. The summed E-state index contributed by atoms with van der Waals surface area (Å²) in [5.74, 6) is 6.56. The third-order valence-corrected chi connectivity index (χ3v) is 6.10. The first-order valence-corrected chi connectivity index (χ1v) is 8.67. The van der Waals surface area contributed by atoms with Crippen LogP contribution in [-0.4, -0.2) is 34.2 Å². The Morgan fingerprint density at radius 2 is 2.32 bits per heavy atom. The lowest BCUT2D eigenvalue weighted by molar-refractivity contribution is 0.343. The van der Waals surface area contributed by atoms with Crippen molar-refractivity contribution in [1.29, 1.82) is 0 Å². The SMILES string of the molecule is C1CSCC(Cc2nc(C3CC4CCC3C4)no2)N1. The van der Waals surface area contributed by atoms with Crippen molar-refractivity contribution in [2.24, 2.45) is 11.8 Å². The molecule has 2 bridgehead atoms. The van der Waals surface area contributed by atoms with Crippen LogP contribution in [0.5, 0.6) is 0 Å². The number of rotatable bonds is 3. The fourth-order valence-electron chi connectivity index (χ4n) is 4.02. The summed E-state index contributed by atoms with van der Waals surface area (Å²) >= 11 is 2.01. The standard InChI is InChI=1S/C14H21N3OS/c1-2-10-5-9(1)6-12(10)14-16-13(18-17-14)7-11-8-19-4-3-15-11/h9-12,15H,1-8H2. The molecule has 1 N–H and O–H groups in total. The molecule has 2 aliphatic carbocycles. The lowest BCUT2D eigenvalue weighted by Gasteiger charge is -2.21. The summed E-state index contributed by atoms with van der Waals surface area (Å²) in [6.07, 6.45) is 6.38. The quantitative estimate of drug-likeness (QED) is 0.919. The molecule has 4 unspecified atom stereocenters. The topological polar surface area (TPSA) is 51.0 Å². The van der Waals surface area contributed by atoms with Crippen molar-refractivity contribution in [3.05, 3.63) is 11.7 Å². The van der Waals surface area contributed by atoms with E-state index in [1.54, 1.807) is 0 Å². The van der Waals surface area contributed by atoms with E-state index in [9.17, 15) is 0 Å². The molecule has 19 heavy (non-hydrogen) atoms. The Balaban J connectivity index is 1.41. The van der Waals surface area contributed by atoms with Gasteiger partial charge in [0.25, 0.3) is 0 Å². The molecule has 1 saturated heterocycles. The van der Waals surface area contributed by atoms with Crippen LogP contribution in [0.4, 0.5) is 0 Å². The summed E-state index contributed by atoms with van der Waals surface area (Å²) in [4.78, 5) is 4.68. The molecule has 3 fully saturated rings. The van der Waals surface area contributed by atoms with Gasteiger partial charge in [0, 0.05) is 36.4 Å². The number of nitrogens with one attached hydrogen (secondary N) is 1. The lowest BCUT2D eigenvalue weighted by Crippen LogP contribution is -2.38. The Morgan fingerprint density at radius 1 is 1.32 bits per heavy atom. The molecule has 1 aromatic rings. The lowest BCUT2D eigenvalue weighted by atomic mass is 9.88. The van der Waals surface area contributed by atoms with Crippen LogP contribution in [0.2, 0.25) is 0 Å². The van der Waals surface area contributed by atoms with E-state index in [1.165, 1.54) is 31.4 Å². The number of nitrogens with zero attached hydrogens (tertiary/aromatic N) is 2. The highest BCUT2D eigenvalue weighted by Gasteiger charge is 2.42. The summed E-state index contributed by atoms with van der Waals surface area (Å²) in [6.45, 7) is 1.10. The molecule has 0 radical (unpaired) electrons. The number of hydrogen-bond acceptors (Lipinski definition) is 5. The molecule has 1 aliphatic heterocycles. The van der Waals surface area contributed by atoms with Crippen molar-refractivity contribution >= 4 is 11.8 Å². The minimum absolute atomic E-state index is 0.507. The van der Waals surface area contributed by atoms with Crippen molar-refractivity contribution in [2.45, 2.75) is 44.1 Å². The van der Waals surface area contributed by atoms with Crippen molar-refractivity contribution in [1.82, 2.24) is 15.5 Å². The second kappa shape index (κ2) is 5.09. The van der Waals surface area contributed by atoms with Crippen molar-refractivity contribution < 1.29 is 4.52 Å². The number of aromatic nitrogens is 2. The van der Waals surface area contributed by atoms with Crippen LogP contribution in [-0.2, 0) is 6.42 Å². The average Bonchev–Trinajstić information content (AvgIpc) is 3.15. The smallest absolute Gasteiger partial charge is 0.228 e. The molecule has 2 saturated carbocycles. The van der Waals surface area contributed by atoms with Gasteiger partial charge in [-0.1, -0.05) is 11.6 Å². The number of thioether (sulfide) groups is 1. The first kappa shape index (κ1) is 12.2. The van der Waals surface area contributed by atoms with Gasteiger partial charge in [0.05, 0.1) is 0 Å². The molecule has 0 aromatic carbocycles. The van der Waals surface area contributed by atoms with E-state index in [1.807, 2.05) is 11.8 Å². The monoisotopic (exact) mass is 279 g/mol. The molecule has 4 atom stereocenters. The van der Waals surface area contributed by atoms with Gasteiger partial charge in [-0.3, -0.25) is 0 Å². The predicted octanol–water partition coefficient (Wildman–Crippen LogP) is 2.22. The van der Waals surface area contributed by atoms with Crippen LogP contribution in [0.3, 0.4) is 0 Å². The summed E-state index contributed by atoms with van der Waals surface area (Å²) in [6, 6.07) is 0.507. The van der Waals surface area contributed by atoms with Crippen LogP contribution in [0.1, 0.15) is 43.3 Å². The maximum Gasteiger partial charge on any atom is 0.228 e. The highest BCUT2D eigenvalue weighted by Crippen LogP contribution is 2.52. The first-order valence-electron chi connectivity index (χ1n) is 7.52. The van der Waals surface area contributed by atoms with Gasteiger partial charge in [-0.25, -0.2) is 0 Å². The van der Waals surface area contributed by atoms with E-state index in [2.05, 4.69) is 15.5 Å². The molecule has 0 spiro atoms. The summed E-state index contributed by atoms with van der Waals surface area (Å²) < 4.78 is 5.48. The molecule has 2 heterocycles. The fourth-order valence-corrected chi connectivity index (χ4v) is 4.97. The maximum absolute atomic E-state index is 5.48. The van der Waals surface area contributed by atoms with E-state index < -0.39 is 0 Å². The minimum atomic E-state index is 0.507. The van der Waals surface area contributed by atoms with Gasteiger partial charge in [-0.15, -0.1) is 0 Å². The third kappa shape index (κ3) is 2.42. The Bertz CT molecular complexity index is 444. The molecule has 104 valence electrons. The fraction of sp³-hybridized carbons (Fsp3) is 0.857. The van der Waals surface area contributed by atoms with E-state index in [0.717, 1.165) is 42.3 Å². The van der Waals surface area contributed by atoms with Gasteiger partial charge in [0.2, 0.25) is 5.89 Å². The highest BCUT2D eigenvalue weighted by atomic mass is 32.2. The van der Waals surface area contributed by atoms with Crippen molar-refractivity contribution in [3.8, 4) is 0 Å². The number of hydrogen-bond donors (Lipinski definition) is 1. The van der Waals surface area contributed by atoms with Gasteiger partial charge in [0.15, 0.2) is 5.82 Å². The van der Waals surface area contributed by atoms with Gasteiger partial charge in [0.1, 0.15) is 0 Å². The van der Waals surface area contributed by atoms with Crippen LogP contribution >= 0.6 is 11.8 Å². The maximum atomic E-state index is 5.48. The predicted molar refractivity (Wildman–Crippen MR) is 75.3 cm³/mol. The van der Waals surface area contributed by atoms with E-state index in [0.29, 0.717) is 12.0 Å². The highest BCUT2D eigenvalue weighted by molar-refractivity contribution is 7.99. The van der Waals surface area contributed by atoms with Crippen molar-refractivity contribution in [3.63, 3.8) is 0 Å². The zero-order chi connectivity index (χ0) is 12.7. The molecule has 4 rings (SSSR count). The number of fused-ring (bicyclic) bond motifs is 2. The van der Waals surface area contributed by atoms with Gasteiger partial charge < -0.3 is 9.84 Å². The molecule has 4 nitrogen and oxygen atoms in total. The Hall–Kier alpha value is -0.550. The van der Waals surface area contributed by atoms with Crippen LogP contribution in [0.25, 0.3) is 0 Å². The van der Waals surface area contributed by atoms with E-state index >= 15 is 0 Å². The first-order chi connectivity index (χ1) is 9.38. The third-order valence-electron chi connectivity index (χ3n) is 4.97. The normalized spacial score (nSPS) is 37.9. The van der Waals surface area contributed by atoms with Crippen LogP contribution in [0, 0.1) is 11.8 Å². The van der Waals surface area contributed by atoms with Crippen LogP contribution < -0.4 is 5.32 Å². The minimum Gasteiger partial charge on any atom is -0.339 e. The molecule has 0 amide bonds. The van der Waals surface area contributed by atoms with Gasteiger partial charge in [-0.05, 0) is 31.1 Å². The Morgan fingerprint density at radius 3 is 3.05 bits per heavy atom. The van der Waals surface area contributed by atoms with E-state index in [4.69, 9.17) is 4.52 Å². The van der Waals surface area contributed by atoms with E-state index in [-0.39, 0.29) is 0 Å². The molecular weight excluding hydrogens is 258 g/mol. The molecule has 5 heteroatoms. The average molecular weight is 279 g/mol. The largest absolute Gasteiger partial charge is 0.339 e. The van der Waals surface area contributed by atoms with Gasteiger partial charge >= 0.3 is 0 Å². The Kier molecular flexibility index (Phi) is 3.27. The summed E-state index contributed by atoms with van der Waals surface area (Å²) in [5, 5.41) is 7.79. The molecular formula is C14H21N3OS. The summed E-state index contributed by atoms with van der Waals surface area (Å²) in [7, 11) is 0. The summed E-state index contributed by atoms with van der Waals surface area (Å²) in [5.41, 5.74) is 0. The van der Waals surface area contributed by atoms with Crippen LogP contribution in [0.15, 0.2) is 4.52 Å².